The molecule has 0 saturated carbocycles. The number of methoxy groups -OCH3 is 2. The first kappa shape index (κ1) is 18.4. The summed E-state index contributed by atoms with van der Waals surface area (Å²) >= 11 is 0. The lowest BCUT2D eigenvalue weighted by atomic mass is 10.1. The van der Waals surface area contributed by atoms with E-state index in [1.165, 1.54) is 6.42 Å². The minimum Gasteiger partial charge on any atom is -0.497 e. The molecule has 0 amide bonds. The molecule has 3 heterocycles. The van der Waals surface area contributed by atoms with Crippen LogP contribution in [0.4, 0.5) is 0 Å². The molecule has 146 valence electrons. The normalized spacial score (nSPS) is 14.9. The number of Topliss-reactive ketones (excluding diaryl/α,β-unsaturated/α-hetero) is 1. The number of piperidine rings is 1. The van der Waals surface area contributed by atoms with Crippen molar-refractivity contribution in [2.45, 2.75) is 19.3 Å². The zero-order valence-electron chi connectivity index (χ0n) is 16.2. The number of nitrogens with zero attached hydrogens (tertiary/aromatic N) is 4. The van der Waals surface area contributed by atoms with Crippen LogP contribution in [0, 0.1) is 0 Å². The lowest BCUT2D eigenvalue weighted by Gasteiger charge is -2.25. The van der Waals surface area contributed by atoms with E-state index in [-0.39, 0.29) is 5.78 Å². The van der Waals surface area contributed by atoms with Gasteiger partial charge in [0, 0.05) is 11.6 Å². The number of aromatic nitrogens is 3. The van der Waals surface area contributed by atoms with Gasteiger partial charge in [-0.25, -0.2) is 9.50 Å². The summed E-state index contributed by atoms with van der Waals surface area (Å²) in [4.78, 5) is 20.2. The van der Waals surface area contributed by atoms with Crippen molar-refractivity contribution in [3.05, 3.63) is 42.1 Å². The predicted molar refractivity (Wildman–Crippen MR) is 106 cm³/mol. The molecular weight excluding hydrogens is 356 g/mol. The molecule has 1 aliphatic heterocycles. The SMILES string of the molecule is COc1ccc(-c2nc3ccc(OC)nn3c2C(=O)CN2CCCCC2)cc1. The Morgan fingerprint density at radius 2 is 1.75 bits per heavy atom. The van der Waals surface area contributed by atoms with E-state index in [1.54, 1.807) is 24.8 Å². The molecule has 1 saturated heterocycles. The fraction of sp³-hybridized carbons (Fsp3) is 0.381. The fourth-order valence-corrected chi connectivity index (χ4v) is 3.62. The second-order valence-electron chi connectivity index (χ2n) is 6.94. The Balaban J connectivity index is 1.78. The van der Waals surface area contributed by atoms with E-state index < -0.39 is 0 Å². The van der Waals surface area contributed by atoms with Crippen LogP contribution in [0.3, 0.4) is 0 Å². The second kappa shape index (κ2) is 7.98. The summed E-state index contributed by atoms with van der Waals surface area (Å²) in [5.41, 5.74) is 2.59. The third-order valence-corrected chi connectivity index (χ3v) is 5.11. The van der Waals surface area contributed by atoms with E-state index in [4.69, 9.17) is 14.5 Å². The van der Waals surface area contributed by atoms with Crippen LogP contribution in [-0.2, 0) is 0 Å². The van der Waals surface area contributed by atoms with Gasteiger partial charge in [-0.2, -0.15) is 0 Å². The summed E-state index contributed by atoms with van der Waals surface area (Å²) in [5, 5.41) is 4.46. The number of imidazole rings is 1. The van der Waals surface area contributed by atoms with Gasteiger partial charge in [0.05, 0.1) is 20.8 Å². The van der Waals surface area contributed by atoms with E-state index in [0.29, 0.717) is 29.5 Å². The molecule has 0 N–H and O–H groups in total. The summed E-state index contributed by atoms with van der Waals surface area (Å²) in [7, 11) is 3.19. The Kier molecular flexibility index (Phi) is 5.25. The van der Waals surface area contributed by atoms with Crippen molar-refractivity contribution in [2.24, 2.45) is 0 Å². The molecule has 28 heavy (non-hydrogen) atoms. The smallest absolute Gasteiger partial charge is 0.231 e. The highest BCUT2D eigenvalue weighted by Crippen LogP contribution is 2.27. The maximum Gasteiger partial charge on any atom is 0.231 e. The molecule has 7 heteroatoms. The first-order valence-electron chi connectivity index (χ1n) is 9.53. The van der Waals surface area contributed by atoms with E-state index in [1.807, 2.05) is 30.3 Å². The average molecular weight is 380 g/mol. The second-order valence-corrected chi connectivity index (χ2v) is 6.94. The van der Waals surface area contributed by atoms with Crippen molar-refractivity contribution >= 4 is 11.4 Å². The van der Waals surface area contributed by atoms with Crippen LogP contribution in [0.2, 0.25) is 0 Å². The zero-order valence-corrected chi connectivity index (χ0v) is 16.2. The molecule has 1 aromatic carbocycles. The molecule has 0 aliphatic carbocycles. The molecule has 0 unspecified atom stereocenters. The number of hydrogen-bond acceptors (Lipinski definition) is 6. The van der Waals surface area contributed by atoms with Crippen LogP contribution in [0.1, 0.15) is 29.8 Å². The molecule has 0 atom stereocenters. The van der Waals surface area contributed by atoms with Gasteiger partial charge in [0.2, 0.25) is 5.88 Å². The number of ketones is 1. The lowest BCUT2D eigenvalue weighted by Crippen LogP contribution is -2.35. The summed E-state index contributed by atoms with van der Waals surface area (Å²) in [5.74, 6) is 1.22. The summed E-state index contributed by atoms with van der Waals surface area (Å²) in [6.45, 7) is 2.28. The van der Waals surface area contributed by atoms with Crippen molar-refractivity contribution in [3.8, 4) is 22.9 Å². The molecule has 2 aromatic heterocycles. The summed E-state index contributed by atoms with van der Waals surface area (Å²) < 4.78 is 12.1. The first-order chi connectivity index (χ1) is 13.7. The lowest BCUT2D eigenvalue weighted by molar-refractivity contribution is 0.0909. The van der Waals surface area contributed by atoms with Crippen molar-refractivity contribution in [2.75, 3.05) is 33.9 Å². The van der Waals surface area contributed by atoms with Gasteiger partial charge in [0.1, 0.15) is 17.1 Å². The number of benzene rings is 1. The maximum absolute atomic E-state index is 13.3. The van der Waals surface area contributed by atoms with Gasteiger partial charge in [-0.05, 0) is 56.3 Å². The molecule has 0 radical (unpaired) electrons. The average Bonchev–Trinajstić information content (AvgIpc) is 3.13. The number of hydrogen-bond donors (Lipinski definition) is 0. The van der Waals surface area contributed by atoms with Gasteiger partial charge in [-0.1, -0.05) is 6.42 Å². The molecule has 1 aliphatic rings. The van der Waals surface area contributed by atoms with Crippen molar-refractivity contribution in [3.63, 3.8) is 0 Å². The number of carbonyl (C=O) groups is 1. The number of carbonyl (C=O) groups excluding carboxylic acids is 1. The Labute approximate surface area is 163 Å². The third kappa shape index (κ3) is 3.57. The molecule has 0 bridgehead atoms. The van der Waals surface area contributed by atoms with E-state index in [0.717, 1.165) is 37.2 Å². The highest BCUT2D eigenvalue weighted by atomic mass is 16.5. The zero-order chi connectivity index (χ0) is 19.5. The largest absolute Gasteiger partial charge is 0.497 e. The Morgan fingerprint density at radius 1 is 1.00 bits per heavy atom. The monoisotopic (exact) mass is 380 g/mol. The number of likely N-dealkylation sites (tertiary alicyclic amines) is 1. The Hall–Kier alpha value is -2.93. The Bertz CT molecular complexity index is 975. The Morgan fingerprint density at radius 3 is 2.43 bits per heavy atom. The minimum atomic E-state index is 0.0148. The molecule has 0 spiro atoms. The quantitative estimate of drug-likeness (QED) is 0.612. The summed E-state index contributed by atoms with van der Waals surface area (Å²) in [6.07, 6.45) is 3.51. The van der Waals surface area contributed by atoms with Crippen LogP contribution in [0.15, 0.2) is 36.4 Å². The van der Waals surface area contributed by atoms with Gasteiger partial charge in [-0.15, -0.1) is 5.10 Å². The molecule has 3 aromatic rings. The molecule has 1 fully saturated rings. The minimum absolute atomic E-state index is 0.0148. The van der Waals surface area contributed by atoms with Gasteiger partial charge >= 0.3 is 0 Å². The summed E-state index contributed by atoms with van der Waals surface area (Å²) in [6, 6.07) is 11.1. The van der Waals surface area contributed by atoms with Crippen LogP contribution in [0.25, 0.3) is 16.9 Å². The fourth-order valence-electron chi connectivity index (χ4n) is 3.62. The highest BCUT2D eigenvalue weighted by molar-refractivity contribution is 6.02. The van der Waals surface area contributed by atoms with Crippen molar-refractivity contribution < 1.29 is 14.3 Å². The third-order valence-electron chi connectivity index (χ3n) is 5.11. The van der Waals surface area contributed by atoms with Crippen molar-refractivity contribution in [1.29, 1.82) is 0 Å². The van der Waals surface area contributed by atoms with Crippen molar-refractivity contribution in [1.82, 2.24) is 19.5 Å². The standard InChI is InChI=1S/C21H24N4O3/c1-27-16-8-6-15(7-9-16)20-21(17(26)14-24-12-4-3-5-13-24)25-18(22-20)10-11-19(23-25)28-2/h6-11H,3-5,12-14H2,1-2H3. The van der Waals surface area contributed by atoms with Gasteiger partial charge in [0.15, 0.2) is 11.4 Å². The molecule has 7 nitrogen and oxygen atoms in total. The number of rotatable bonds is 6. The topological polar surface area (TPSA) is 69.0 Å². The highest BCUT2D eigenvalue weighted by Gasteiger charge is 2.24. The van der Waals surface area contributed by atoms with Crippen LogP contribution in [0.5, 0.6) is 11.6 Å². The van der Waals surface area contributed by atoms with Crippen LogP contribution >= 0.6 is 0 Å². The van der Waals surface area contributed by atoms with Crippen LogP contribution in [-0.4, -0.2) is 59.1 Å². The van der Waals surface area contributed by atoms with Gasteiger partial charge < -0.3 is 9.47 Å². The number of fused-ring (bicyclic) bond motifs is 1. The molecule has 4 rings (SSSR count). The first-order valence-corrected chi connectivity index (χ1v) is 9.53. The van der Waals surface area contributed by atoms with Gasteiger partial charge in [-0.3, -0.25) is 9.69 Å². The van der Waals surface area contributed by atoms with E-state index in [2.05, 4.69) is 10.00 Å². The predicted octanol–water partition coefficient (Wildman–Crippen LogP) is 3.08. The number of ether oxygens (including phenoxy) is 2. The van der Waals surface area contributed by atoms with E-state index >= 15 is 0 Å². The van der Waals surface area contributed by atoms with Crippen LogP contribution < -0.4 is 9.47 Å². The van der Waals surface area contributed by atoms with E-state index in [9.17, 15) is 4.79 Å². The molecular formula is C21H24N4O3. The maximum atomic E-state index is 13.3. The van der Waals surface area contributed by atoms with Gasteiger partial charge in [0.25, 0.3) is 0 Å².